The van der Waals surface area contributed by atoms with Crippen LogP contribution in [0.2, 0.25) is 0 Å². The maximum absolute atomic E-state index is 5.65. The Bertz CT molecular complexity index is 384. The van der Waals surface area contributed by atoms with Crippen molar-refractivity contribution in [1.29, 1.82) is 0 Å². The topological polar surface area (TPSA) is 75.9 Å². The van der Waals surface area contributed by atoms with Gasteiger partial charge in [0.25, 0.3) is 0 Å². The van der Waals surface area contributed by atoms with Gasteiger partial charge < -0.3 is 16.4 Å². The van der Waals surface area contributed by atoms with Crippen LogP contribution in [0.4, 0.5) is 17.6 Å². The average Bonchev–Trinajstić information content (AvgIpc) is 2.73. The third kappa shape index (κ3) is 2.99. The van der Waals surface area contributed by atoms with Gasteiger partial charge in [-0.05, 0) is 18.3 Å². The molecule has 5 nitrogen and oxygen atoms in total. The van der Waals surface area contributed by atoms with E-state index < -0.39 is 0 Å². The molecule has 0 amide bonds. The Labute approximate surface area is 102 Å². The van der Waals surface area contributed by atoms with Crippen LogP contribution in [0, 0.1) is 5.41 Å². The summed E-state index contributed by atoms with van der Waals surface area (Å²) in [5, 5.41) is 6.35. The Morgan fingerprint density at radius 2 is 1.94 bits per heavy atom. The molecule has 0 aliphatic heterocycles. The maximum atomic E-state index is 5.65. The normalized spacial score (nSPS) is 18.0. The summed E-state index contributed by atoms with van der Waals surface area (Å²) in [6.07, 6.45) is 5.26. The summed E-state index contributed by atoms with van der Waals surface area (Å²) >= 11 is 0. The number of hydrogen-bond donors (Lipinski definition) is 3. The van der Waals surface area contributed by atoms with Crippen LogP contribution >= 0.6 is 0 Å². The molecule has 94 valence electrons. The van der Waals surface area contributed by atoms with Gasteiger partial charge in [0.1, 0.15) is 11.6 Å². The largest absolute Gasteiger partial charge is 0.373 e. The molecule has 4 N–H and O–H groups in total. The van der Waals surface area contributed by atoms with Crippen LogP contribution in [0.5, 0.6) is 0 Å². The number of aromatic nitrogens is 2. The molecule has 0 atom stereocenters. The number of nitrogen functional groups attached to an aromatic ring is 1. The van der Waals surface area contributed by atoms with Gasteiger partial charge in [-0.15, -0.1) is 0 Å². The van der Waals surface area contributed by atoms with Crippen molar-refractivity contribution in [2.24, 2.45) is 5.41 Å². The van der Waals surface area contributed by atoms with Crippen molar-refractivity contribution in [2.75, 3.05) is 30.0 Å². The third-order valence-corrected chi connectivity index (χ3v) is 3.51. The molecule has 0 bridgehead atoms. The van der Waals surface area contributed by atoms with Gasteiger partial charge >= 0.3 is 0 Å². The molecule has 1 aliphatic rings. The van der Waals surface area contributed by atoms with E-state index in [1.165, 1.54) is 25.7 Å². The van der Waals surface area contributed by atoms with E-state index in [2.05, 4.69) is 27.5 Å². The summed E-state index contributed by atoms with van der Waals surface area (Å²) in [5.74, 6) is 1.85. The van der Waals surface area contributed by atoms with E-state index in [-0.39, 0.29) is 0 Å². The van der Waals surface area contributed by atoms with Crippen LogP contribution in [0.25, 0.3) is 0 Å². The molecule has 1 saturated carbocycles. The van der Waals surface area contributed by atoms with Gasteiger partial charge in [-0.2, -0.15) is 9.97 Å². The molecule has 0 radical (unpaired) electrons. The summed E-state index contributed by atoms with van der Waals surface area (Å²) < 4.78 is 0. The van der Waals surface area contributed by atoms with Gasteiger partial charge in [-0.1, -0.05) is 19.8 Å². The summed E-state index contributed by atoms with van der Waals surface area (Å²) in [6.45, 7) is 3.28. The molecule has 1 fully saturated rings. The van der Waals surface area contributed by atoms with E-state index in [0.29, 0.717) is 11.4 Å². The van der Waals surface area contributed by atoms with Crippen molar-refractivity contribution in [3.8, 4) is 0 Å². The van der Waals surface area contributed by atoms with Crippen LogP contribution in [0.1, 0.15) is 32.6 Å². The minimum atomic E-state index is 0.302. The quantitative estimate of drug-likeness (QED) is 0.745. The van der Waals surface area contributed by atoms with E-state index in [9.17, 15) is 0 Å². The maximum Gasteiger partial charge on any atom is 0.223 e. The van der Waals surface area contributed by atoms with E-state index in [0.717, 1.165) is 18.2 Å². The van der Waals surface area contributed by atoms with Crippen molar-refractivity contribution in [3.63, 3.8) is 0 Å². The van der Waals surface area contributed by atoms with Crippen molar-refractivity contribution in [3.05, 3.63) is 6.07 Å². The molecule has 0 unspecified atom stereocenters. The lowest BCUT2D eigenvalue weighted by Crippen LogP contribution is -2.23. The molecule has 1 aromatic rings. The highest BCUT2D eigenvalue weighted by atomic mass is 15.1. The summed E-state index contributed by atoms with van der Waals surface area (Å²) in [6, 6.07) is 1.88. The second kappa shape index (κ2) is 4.77. The fourth-order valence-electron chi connectivity index (χ4n) is 2.39. The fourth-order valence-corrected chi connectivity index (χ4v) is 2.39. The van der Waals surface area contributed by atoms with Gasteiger partial charge in [0, 0.05) is 19.7 Å². The van der Waals surface area contributed by atoms with Crippen LogP contribution in [0.15, 0.2) is 6.07 Å². The first-order valence-electron chi connectivity index (χ1n) is 6.17. The Hall–Kier alpha value is -1.52. The monoisotopic (exact) mass is 235 g/mol. The van der Waals surface area contributed by atoms with Gasteiger partial charge in [0.05, 0.1) is 0 Å². The standard InChI is InChI=1S/C12H21N5/c1-12(5-3-4-6-12)8-15-10-7-9(14-2)16-11(13)17-10/h7H,3-6,8H2,1-2H3,(H4,13,14,15,16,17). The average molecular weight is 235 g/mol. The Morgan fingerprint density at radius 1 is 1.29 bits per heavy atom. The molecule has 17 heavy (non-hydrogen) atoms. The predicted octanol–water partition coefficient (Wildman–Crippen LogP) is 2.09. The number of anilines is 3. The van der Waals surface area contributed by atoms with Gasteiger partial charge in [0.15, 0.2) is 0 Å². The fraction of sp³-hybridized carbons (Fsp3) is 0.667. The Kier molecular flexibility index (Phi) is 3.36. The summed E-state index contributed by atoms with van der Waals surface area (Å²) in [4.78, 5) is 8.25. The highest BCUT2D eigenvalue weighted by Crippen LogP contribution is 2.37. The molecule has 1 heterocycles. The van der Waals surface area contributed by atoms with Crippen molar-refractivity contribution >= 4 is 17.6 Å². The van der Waals surface area contributed by atoms with Crippen LogP contribution < -0.4 is 16.4 Å². The molecular weight excluding hydrogens is 214 g/mol. The summed E-state index contributed by atoms with van der Waals surface area (Å²) in [5.41, 5.74) is 6.05. The summed E-state index contributed by atoms with van der Waals surface area (Å²) in [7, 11) is 1.82. The first-order chi connectivity index (χ1) is 8.11. The molecule has 1 aromatic heterocycles. The molecule has 0 saturated heterocycles. The number of nitrogens with zero attached hydrogens (tertiary/aromatic N) is 2. The van der Waals surface area contributed by atoms with Crippen molar-refractivity contribution < 1.29 is 0 Å². The van der Waals surface area contributed by atoms with Gasteiger partial charge in [-0.25, -0.2) is 0 Å². The van der Waals surface area contributed by atoms with Crippen LogP contribution in [0.3, 0.4) is 0 Å². The van der Waals surface area contributed by atoms with E-state index >= 15 is 0 Å². The van der Waals surface area contributed by atoms with Crippen molar-refractivity contribution in [1.82, 2.24) is 9.97 Å². The molecule has 0 spiro atoms. The minimum absolute atomic E-state index is 0.302. The van der Waals surface area contributed by atoms with Gasteiger partial charge in [0.2, 0.25) is 5.95 Å². The van der Waals surface area contributed by atoms with E-state index in [1.54, 1.807) is 0 Å². The number of nitrogens with one attached hydrogen (secondary N) is 2. The lowest BCUT2D eigenvalue weighted by atomic mass is 9.89. The number of rotatable bonds is 4. The molecule has 2 rings (SSSR count). The highest BCUT2D eigenvalue weighted by molar-refractivity contribution is 5.50. The first kappa shape index (κ1) is 12.0. The Balaban J connectivity index is 2.00. The predicted molar refractivity (Wildman–Crippen MR) is 71.1 cm³/mol. The van der Waals surface area contributed by atoms with Gasteiger partial charge in [-0.3, -0.25) is 0 Å². The second-order valence-electron chi connectivity index (χ2n) is 5.12. The zero-order valence-corrected chi connectivity index (χ0v) is 10.6. The SMILES string of the molecule is CNc1cc(NCC2(C)CCCC2)nc(N)n1. The second-order valence-corrected chi connectivity index (χ2v) is 5.12. The smallest absolute Gasteiger partial charge is 0.223 e. The zero-order chi connectivity index (χ0) is 12.3. The lowest BCUT2D eigenvalue weighted by Gasteiger charge is -2.24. The number of nitrogens with two attached hydrogens (primary N) is 1. The minimum Gasteiger partial charge on any atom is -0.373 e. The highest BCUT2D eigenvalue weighted by Gasteiger charge is 2.28. The lowest BCUT2D eigenvalue weighted by molar-refractivity contribution is 0.361. The molecule has 1 aliphatic carbocycles. The van der Waals surface area contributed by atoms with Crippen LogP contribution in [-0.2, 0) is 0 Å². The van der Waals surface area contributed by atoms with E-state index in [4.69, 9.17) is 5.73 Å². The van der Waals surface area contributed by atoms with Crippen LogP contribution in [-0.4, -0.2) is 23.6 Å². The zero-order valence-electron chi connectivity index (χ0n) is 10.6. The molecule has 5 heteroatoms. The first-order valence-corrected chi connectivity index (χ1v) is 6.17. The Morgan fingerprint density at radius 3 is 2.59 bits per heavy atom. The molecule has 0 aromatic carbocycles. The van der Waals surface area contributed by atoms with E-state index in [1.807, 2.05) is 13.1 Å². The number of hydrogen-bond acceptors (Lipinski definition) is 5. The third-order valence-electron chi connectivity index (χ3n) is 3.51. The van der Waals surface area contributed by atoms with Crippen molar-refractivity contribution in [2.45, 2.75) is 32.6 Å². The molecular formula is C12H21N5.